The third-order valence-corrected chi connectivity index (χ3v) is 0.955. The maximum absolute atomic E-state index is 3.91. The molecule has 0 radical (unpaired) electrons. The third kappa shape index (κ3) is 0.514. The SMILES string of the molecule is CC1CC#[N+]C1. The predicted octanol–water partition coefficient (Wildman–Crippen LogP) is 1.36. The molecule has 0 fully saturated rings. The Morgan fingerprint density at radius 2 is 2.67 bits per heavy atom. The largest absolute Gasteiger partial charge is 0.273 e. The molecule has 1 nitrogen and oxygen atoms in total. The highest BCUT2D eigenvalue weighted by Gasteiger charge is 2.12. The zero-order valence-electron chi connectivity index (χ0n) is 3.94. The monoisotopic (exact) mass is 82.1 g/mol. The van der Waals surface area contributed by atoms with Gasteiger partial charge in [0.15, 0.2) is 0 Å². The van der Waals surface area contributed by atoms with E-state index in [2.05, 4.69) is 17.8 Å². The van der Waals surface area contributed by atoms with Crippen LogP contribution in [0.25, 0.3) is 4.85 Å². The molecule has 1 atom stereocenters. The van der Waals surface area contributed by atoms with Crippen LogP contribution in [0.5, 0.6) is 0 Å². The van der Waals surface area contributed by atoms with Crippen molar-refractivity contribution in [3.8, 4) is 6.07 Å². The molecule has 0 aliphatic carbocycles. The van der Waals surface area contributed by atoms with E-state index in [9.17, 15) is 0 Å². The number of hydrogen-bond donors (Lipinski definition) is 0. The number of rotatable bonds is 0. The molecular weight excluding hydrogens is 74.1 g/mol. The topological polar surface area (TPSA) is 4.36 Å². The molecule has 0 spiro atoms. The minimum atomic E-state index is 0.769. The first-order valence-electron chi connectivity index (χ1n) is 2.29. The van der Waals surface area contributed by atoms with Crippen LogP contribution in [0.2, 0.25) is 0 Å². The third-order valence-electron chi connectivity index (χ3n) is 0.955. The van der Waals surface area contributed by atoms with Crippen LogP contribution in [0.15, 0.2) is 0 Å². The fourth-order valence-electron chi connectivity index (χ4n) is 0.505. The maximum atomic E-state index is 3.91. The fourth-order valence-corrected chi connectivity index (χ4v) is 0.505. The van der Waals surface area contributed by atoms with Gasteiger partial charge in [0, 0.05) is 0 Å². The summed E-state index contributed by atoms with van der Waals surface area (Å²) in [5.74, 6) is 0.769. The summed E-state index contributed by atoms with van der Waals surface area (Å²) < 4.78 is 0. The second-order valence-electron chi connectivity index (χ2n) is 1.81. The molecule has 1 aliphatic heterocycles. The quantitative estimate of drug-likeness (QED) is 0.415. The molecule has 0 saturated heterocycles. The van der Waals surface area contributed by atoms with Crippen molar-refractivity contribution in [2.45, 2.75) is 13.3 Å². The molecule has 0 aromatic carbocycles. The summed E-state index contributed by atoms with van der Waals surface area (Å²) >= 11 is 0. The van der Waals surface area contributed by atoms with Crippen LogP contribution >= 0.6 is 0 Å². The van der Waals surface area contributed by atoms with Gasteiger partial charge in [-0.2, -0.15) is 0 Å². The molecule has 0 bridgehead atoms. The molecular formula is C5H8N+. The molecule has 0 amide bonds. The Balaban J connectivity index is 2.37. The molecule has 0 aromatic rings. The fraction of sp³-hybridized carbons (Fsp3) is 0.800. The molecule has 1 heterocycles. The zero-order chi connectivity index (χ0) is 4.41. The molecule has 32 valence electrons. The molecule has 0 saturated carbocycles. The van der Waals surface area contributed by atoms with Crippen molar-refractivity contribution in [3.05, 3.63) is 4.85 Å². The van der Waals surface area contributed by atoms with Gasteiger partial charge >= 0.3 is 0 Å². The van der Waals surface area contributed by atoms with Gasteiger partial charge in [0.2, 0.25) is 0 Å². The lowest BCUT2D eigenvalue weighted by Gasteiger charge is -1.80. The highest BCUT2D eigenvalue weighted by molar-refractivity contribution is 4.96. The molecule has 1 rings (SSSR count). The molecule has 1 aliphatic rings. The summed E-state index contributed by atoms with van der Waals surface area (Å²) in [5.41, 5.74) is 0. The standard InChI is InChI=1S/C5H8N/c1-5-2-3-6-4-5/h5H,2,4H2,1H3/q+1. The first-order valence-corrected chi connectivity index (χ1v) is 2.29. The van der Waals surface area contributed by atoms with Crippen LogP contribution in [0.3, 0.4) is 0 Å². The van der Waals surface area contributed by atoms with E-state index >= 15 is 0 Å². The summed E-state index contributed by atoms with van der Waals surface area (Å²) in [6, 6.07) is 2.90. The molecule has 1 heteroatoms. The van der Waals surface area contributed by atoms with E-state index in [0.29, 0.717) is 0 Å². The maximum Gasteiger partial charge on any atom is 0.273 e. The van der Waals surface area contributed by atoms with Gasteiger partial charge in [-0.25, -0.2) is 0 Å². The first-order chi connectivity index (χ1) is 2.89. The average molecular weight is 82.1 g/mol. The van der Waals surface area contributed by atoms with Crippen molar-refractivity contribution < 1.29 is 0 Å². The van der Waals surface area contributed by atoms with Crippen molar-refractivity contribution in [3.63, 3.8) is 0 Å². The van der Waals surface area contributed by atoms with Crippen molar-refractivity contribution in [1.82, 2.24) is 0 Å². The van der Waals surface area contributed by atoms with Gasteiger partial charge in [0.05, 0.1) is 12.3 Å². The summed E-state index contributed by atoms with van der Waals surface area (Å²) in [7, 11) is 0. The van der Waals surface area contributed by atoms with Gasteiger partial charge in [0.25, 0.3) is 12.6 Å². The highest BCUT2D eigenvalue weighted by atomic mass is 14.7. The minimum Gasteiger partial charge on any atom is -0.0834 e. The van der Waals surface area contributed by atoms with Crippen LogP contribution in [0.4, 0.5) is 0 Å². The smallest absolute Gasteiger partial charge is 0.0834 e. The Bertz CT molecular complexity index is 86.2. The minimum absolute atomic E-state index is 0.769. The Kier molecular flexibility index (Phi) is 0.795. The highest BCUT2D eigenvalue weighted by Crippen LogP contribution is 2.05. The second kappa shape index (κ2) is 1.30. The van der Waals surface area contributed by atoms with Gasteiger partial charge in [-0.1, -0.05) is 11.8 Å². The average Bonchev–Trinajstić information content (AvgIpc) is 1.86. The molecule has 0 aromatic heterocycles. The van der Waals surface area contributed by atoms with Gasteiger partial charge in [0.1, 0.15) is 0 Å². The van der Waals surface area contributed by atoms with E-state index in [4.69, 9.17) is 0 Å². The second-order valence-corrected chi connectivity index (χ2v) is 1.81. The van der Waals surface area contributed by atoms with E-state index in [1.165, 1.54) is 0 Å². The number of hydrogen-bond acceptors (Lipinski definition) is 0. The van der Waals surface area contributed by atoms with Crippen molar-refractivity contribution in [2.24, 2.45) is 5.92 Å². The molecule has 1 unspecified atom stereocenters. The zero-order valence-corrected chi connectivity index (χ0v) is 3.94. The van der Waals surface area contributed by atoms with Crippen LogP contribution in [-0.2, 0) is 0 Å². The Morgan fingerprint density at radius 3 is 2.83 bits per heavy atom. The normalized spacial score (nSPS) is 29.2. The van der Waals surface area contributed by atoms with Crippen LogP contribution < -0.4 is 0 Å². The first kappa shape index (κ1) is 3.67. The lowest BCUT2D eigenvalue weighted by atomic mass is 10.2. The van der Waals surface area contributed by atoms with Crippen molar-refractivity contribution >= 4 is 0 Å². The Labute approximate surface area is 37.8 Å². The van der Waals surface area contributed by atoms with Gasteiger partial charge in [-0.3, -0.25) is 0 Å². The summed E-state index contributed by atoms with van der Waals surface area (Å²) in [4.78, 5) is 3.91. The lowest BCUT2D eigenvalue weighted by Crippen LogP contribution is -1.88. The van der Waals surface area contributed by atoms with Crippen molar-refractivity contribution in [1.29, 1.82) is 0 Å². The van der Waals surface area contributed by atoms with Gasteiger partial charge in [-0.15, -0.1) is 0 Å². The molecule has 6 heavy (non-hydrogen) atoms. The van der Waals surface area contributed by atoms with Crippen LogP contribution in [-0.4, -0.2) is 6.54 Å². The van der Waals surface area contributed by atoms with Crippen molar-refractivity contribution in [2.75, 3.05) is 6.54 Å². The van der Waals surface area contributed by atoms with E-state index in [1.807, 2.05) is 0 Å². The predicted molar refractivity (Wildman–Crippen MR) is 25.9 cm³/mol. The van der Waals surface area contributed by atoms with Gasteiger partial charge in [-0.05, 0) is 0 Å². The van der Waals surface area contributed by atoms with Crippen LogP contribution in [0.1, 0.15) is 13.3 Å². The van der Waals surface area contributed by atoms with Crippen LogP contribution in [0, 0.1) is 12.0 Å². The van der Waals surface area contributed by atoms with E-state index < -0.39 is 0 Å². The van der Waals surface area contributed by atoms with E-state index in [-0.39, 0.29) is 0 Å². The Morgan fingerprint density at radius 1 is 1.83 bits per heavy atom. The Hall–Kier alpha value is -0.510. The summed E-state index contributed by atoms with van der Waals surface area (Å²) in [6.45, 7) is 3.18. The lowest BCUT2D eigenvalue weighted by molar-refractivity contribution is 0.679. The summed E-state index contributed by atoms with van der Waals surface area (Å²) in [6.07, 6.45) is 1.07. The summed E-state index contributed by atoms with van der Waals surface area (Å²) in [5, 5.41) is 0. The number of nitrogens with zero attached hydrogens (tertiary/aromatic N) is 1. The van der Waals surface area contributed by atoms with E-state index in [0.717, 1.165) is 18.9 Å². The van der Waals surface area contributed by atoms with E-state index in [1.54, 1.807) is 0 Å². The van der Waals surface area contributed by atoms with Gasteiger partial charge < -0.3 is 0 Å². The molecule has 0 N–H and O–H groups in total.